The van der Waals surface area contributed by atoms with E-state index in [0.29, 0.717) is 0 Å². The number of aromatic nitrogens is 2. The summed E-state index contributed by atoms with van der Waals surface area (Å²) in [5.41, 5.74) is 2.10. The van der Waals surface area contributed by atoms with E-state index in [4.69, 9.17) is 5.73 Å². The fourth-order valence-corrected chi connectivity index (χ4v) is 0.795. The maximum absolute atomic E-state index is 12.0. The molecule has 10 heteroatoms. The molecule has 0 spiro atoms. The van der Waals surface area contributed by atoms with E-state index in [-0.39, 0.29) is 0 Å². The lowest BCUT2D eigenvalue weighted by Crippen LogP contribution is -2.23. The summed E-state index contributed by atoms with van der Waals surface area (Å²) in [6.45, 7) is 0. The second-order valence-electron chi connectivity index (χ2n) is 2.40. The predicted octanol–water partition coefficient (Wildman–Crippen LogP) is 0.279. The highest BCUT2D eigenvalue weighted by atomic mass is 19.4. The van der Waals surface area contributed by atoms with Crippen LogP contribution < -0.4 is 11.3 Å². The van der Waals surface area contributed by atoms with Gasteiger partial charge in [0.05, 0.1) is 4.92 Å². The maximum Gasteiger partial charge on any atom is 0.449 e. The highest BCUT2D eigenvalue weighted by molar-refractivity contribution is 5.50. The molecule has 7 nitrogen and oxygen atoms in total. The van der Waals surface area contributed by atoms with E-state index in [0.717, 1.165) is 0 Å². The molecular weight excluding hydrogens is 221 g/mol. The topological polar surface area (TPSA) is 115 Å². The van der Waals surface area contributed by atoms with Crippen molar-refractivity contribution in [3.63, 3.8) is 0 Å². The minimum Gasteiger partial charge on any atom is -0.378 e. The van der Waals surface area contributed by atoms with Gasteiger partial charge in [0.1, 0.15) is 0 Å². The van der Waals surface area contributed by atoms with Gasteiger partial charge in [0.15, 0.2) is 0 Å². The largest absolute Gasteiger partial charge is 0.449 e. The maximum atomic E-state index is 12.0. The second-order valence-corrected chi connectivity index (χ2v) is 2.40. The number of halogens is 3. The normalized spacial score (nSPS) is 11.4. The van der Waals surface area contributed by atoms with Crippen molar-refractivity contribution in [1.29, 1.82) is 0 Å². The van der Waals surface area contributed by atoms with Crippen LogP contribution in [0.15, 0.2) is 4.79 Å². The Morgan fingerprint density at radius 1 is 1.47 bits per heavy atom. The number of hydrogen-bond acceptors (Lipinski definition) is 5. The Bertz CT molecular complexity index is 466. The molecule has 15 heavy (non-hydrogen) atoms. The summed E-state index contributed by atoms with van der Waals surface area (Å²) < 4.78 is 36.1. The summed E-state index contributed by atoms with van der Waals surface area (Å²) in [5.74, 6) is -2.74. The molecule has 0 unspecified atom stereocenters. The average Bonchev–Trinajstić information content (AvgIpc) is 1.99. The highest BCUT2D eigenvalue weighted by Gasteiger charge is 2.36. The van der Waals surface area contributed by atoms with Gasteiger partial charge in [-0.15, -0.1) is 0 Å². The van der Waals surface area contributed by atoms with Crippen LogP contribution in [0, 0.1) is 10.1 Å². The predicted molar refractivity (Wildman–Crippen MR) is 40.9 cm³/mol. The van der Waals surface area contributed by atoms with Crippen molar-refractivity contribution < 1.29 is 18.1 Å². The Kier molecular flexibility index (Phi) is 2.35. The summed E-state index contributed by atoms with van der Waals surface area (Å²) >= 11 is 0. The molecule has 1 rings (SSSR count). The van der Waals surface area contributed by atoms with Crippen LogP contribution in [0.2, 0.25) is 0 Å². The van der Waals surface area contributed by atoms with Crippen molar-refractivity contribution >= 4 is 11.5 Å². The van der Waals surface area contributed by atoms with Crippen LogP contribution in [-0.2, 0) is 6.18 Å². The van der Waals surface area contributed by atoms with Crippen molar-refractivity contribution in [2.24, 2.45) is 0 Å². The molecule has 0 aliphatic carbocycles. The number of rotatable bonds is 1. The Labute approximate surface area is 78.9 Å². The minimum atomic E-state index is -4.91. The summed E-state index contributed by atoms with van der Waals surface area (Å²) in [7, 11) is 0. The molecule has 0 saturated heterocycles. The molecule has 82 valence electrons. The highest BCUT2D eigenvalue weighted by Crippen LogP contribution is 2.26. The van der Waals surface area contributed by atoms with E-state index in [1.165, 1.54) is 4.98 Å². The zero-order valence-electron chi connectivity index (χ0n) is 6.83. The molecule has 0 fully saturated rings. The third kappa shape index (κ3) is 2.03. The van der Waals surface area contributed by atoms with Crippen LogP contribution in [0.4, 0.5) is 24.7 Å². The van der Waals surface area contributed by atoms with E-state index >= 15 is 0 Å². The number of nitrogens with one attached hydrogen (secondary N) is 1. The lowest BCUT2D eigenvalue weighted by molar-refractivity contribution is -0.385. The molecule has 1 heterocycles. The van der Waals surface area contributed by atoms with Crippen molar-refractivity contribution in [1.82, 2.24) is 9.97 Å². The van der Waals surface area contributed by atoms with Gasteiger partial charge < -0.3 is 5.73 Å². The fraction of sp³-hybridized carbons (Fsp3) is 0.200. The fourth-order valence-electron chi connectivity index (χ4n) is 0.795. The first-order valence-corrected chi connectivity index (χ1v) is 3.35. The number of nitrogens with zero attached hydrogens (tertiary/aromatic N) is 2. The average molecular weight is 224 g/mol. The summed E-state index contributed by atoms with van der Waals surface area (Å²) in [6, 6.07) is 0. The van der Waals surface area contributed by atoms with Crippen molar-refractivity contribution in [2.45, 2.75) is 6.18 Å². The molecule has 0 radical (unpaired) electrons. The van der Waals surface area contributed by atoms with Crippen LogP contribution in [-0.4, -0.2) is 14.9 Å². The smallest absolute Gasteiger partial charge is 0.378 e. The molecule has 0 aliphatic rings. The number of alkyl halides is 3. The molecule has 0 atom stereocenters. The lowest BCUT2D eigenvalue weighted by atomic mass is 10.4. The first kappa shape index (κ1) is 10.9. The molecule has 0 aromatic carbocycles. The summed E-state index contributed by atoms with van der Waals surface area (Å²) in [5, 5.41) is 10.2. The monoisotopic (exact) mass is 224 g/mol. The molecule has 1 aromatic rings. The number of aromatic amines is 1. The van der Waals surface area contributed by atoms with Gasteiger partial charge in [-0.2, -0.15) is 13.2 Å². The van der Waals surface area contributed by atoms with E-state index in [1.807, 2.05) is 0 Å². The van der Waals surface area contributed by atoms with E-state index in [9.17, 15) is 28.1 Å². The molecule has 0 saturated carbocycles. The number of nitrogens with two attached hydrogens (primary N) is 1. The minimum absolute atomic E-state index is 1.07. The zero-order valence-corrected chi connectivity index (χ0v) is 6.83. The number of hydrogen-bond donors (Lipinski definition) is 2. The zero-order chi connectivity index (χ0) is 11.8. The van der Waals surface area contributed by atoms with Gasteiger partial charge in [-0.25, -0.2) is 4.98 Å². The van der Waals surface area contributed by atoms with E-state index in [1.54, 1.807) is 0 Å². The lowest BCUT2D eigenvalue weighted by Gasteiger charge is -2.04. The van der Waals surface area contributed by atoms with Crippen LogP contribution in [0.25, 0.3) is 0 Å². The molecule has 0 amide bonds. The molecule has 0 aliphatic heterocycles. The molecule has 0 bridgehead atoms. The Morgan fingerprint density at radius 2 is 2.00 bits per heavy atom. The van der Waals surface area contributed by atoms with Crippen molar-refractivity contribution in [3.05, 3.63) is 26.3 Å². The van der Waals surface area contributed by atoms with Crippen LogP contribution in [0.3, 0.4) is 0 Å². The standard InChI is InChI=1S/C5H3F3N4O3/c6-5(7,8)4-10-2(9)1(12(14)15)3(13)11-4/h(H3,9,10,11,13). The van der Waals surface area contributed by atoms with Gasteiger partial charge in [0.25, 0.3) is 0 Å². The second kappa shape index (κ2) is 3.22. The van der Waals surface area contributed by atoms with Gasteiger partial charge in [-0.05, 0) is 0 Å². The van der Waals surface area contributed by atoms with Crippen LogP contribution >= 0.6 is 0 Å². The van der Waals surface area contributed by atoms with Gasteiger partial charge in [-0.1, -0.05) is 0 Å². The van der Waals surface area contributed by atoms with Gasteiger partial charge >= 0.3 is 17.4 Å². The number of nitro groups is 1. The van der Waals surface area contributed by atoms with E-state index < -0.39 is 34.0 Å². The van der Waals surface area contributed by atoms with Crippen LogP contribution in [0.5, 0.6) is 0 Å². The van der Waals surface area contributed by atoms with Crippen molar-refractivity contribution in [2.75, 3.05) is 5.73 Å². The number of H-pyrrole nitrogens is 1. The van der Waals surface area contributed by atoms with Crippen molar-refractivity contribution in [3.8, 4) is 0 Å². The van der Waals surface area contributed by atoms with Crippen LogP contribution in [0.1, 0.15) is 5.82 Å². The van der Waals surface area contributed by atoms with E-state index in [2.05, 4.69) is 4.98 Å². The summed E-state index contributed by atoms with van der Waals surface area (Å²) in [4.78, 5) is 23.7. The Balaban J connectivity index is 3.46. The SMILES string of the molecule is Nc1nc(C(F)(F)F)[nH]c(=O)c1[N+](=O)[O-]. The quantitative estimate of drug-likeness (QED) is 0.525. The van der Waals surface area contributed by atoms with Gasteiger partial charge in [-0.3, -0.25) is 19.9 Å². The number of nitrogen functional groups attached to an aromatic ring is 1. The number of anilines is 1. The Hall–Kier alpha value is -2.13. The molecule has 1 aromatic heterocycles. The first-order chi connectivity index (χ1) is 6.73. The van der Waals surface area contributed by atoms with Gasteiger partial charge in [0.2, 0.25) is 11.6 Å². The molecular formula is C5H3F3N4O3. The molecule has 3 N–H and O–H groups in total. The van der Waals surface area contributed by atoms with Gasteiger partial charge in [0, 0.05) is 0 Å². The summed E-state index contributed by atoms with van der Waals surface area (Å²) in [6.07, 6.45) is -4.91. The first-order valence-electron chi connectivity index (χ1n) is 3.35. The third-order valence-corrected chi connectivity index (χ3v) is 1.37. The Morgan fingerprint density at radius 3 is 2.33 bits per heavy atom. The third-order valence-electron chi connectivity index (χ3n) is 1.37.